The molecule has 1 atom stereocenters. The van der Waals surface area contributed by atoms with Crippen LogP contribution in [0.2, 0.25) is 0 Å². The van der Waals surface area contributed by atoms with Gasteiger partial charge in [-0.3, -0.25) is 8.75 Å². The van der Waals surface area contributed by atoms with Gasteiger partial charge in [0.2, 0.25) is 0 Å². The zero-order valence-corrected chi connectivity index (χ0v) is 15.9. The summed E-state index contributed by atoms with van der Waals surface area (Å²) in [6.07, 6.45) is -2.51. The molecule has 10 heteroatoms. The average Bonchev–Trinajstić information content (AvgIpc) is 3.14. The molecule has 1 aliphatic carbocycles. The molecular formula is C17H17F3N4OS2. The molecule has 1 aromatic carbocycles. The van der Waals surface area contributed by atoms with Crippen LogP contribution in [0.25, 0.3) is 0 Å². The monoisotopic (exact) mass is 414 g/mol. The van der Waals surface area contributed by atoms with Crippen LogP contribution in [-0.2, 0) is 6.18 Å². The molecule has 1 saturated carbocycles. The molecule has 4 rings (SSSR count). The van der Waals surface area contributed by atoms with E-state index in [1.165, 1.54) is 18.2 Å². The minimum atomic E-state index is -4.53. The Morgan fingerprint density at radius 2 is 2.04 bits per heavy atom. The predicted molar refractivity (Wildman–Crippen MR) is 102 cm³/mol. The highest BCUT2D eigenvalue weighted by Gasteiger charge is 2.54. The van der Waals surface area contributed by atoms with E-state index in [1.807, 2.05) is 6.07 Å². The molecule has 144 valence electrons. The first kappa shape index (κ1) is 19.8. The molecule has 0 radical (unpaired) electrons. The van der Waals surface area contributed by atoms with Gasteiger partial charge in [-0.15, -0.1) is 0 Å². The second-order valence-electron chi connectivity index (χ2n) is 6.72. The third kappa shape index (κ3) is 3.35. The van der Waals surface area contributed by atoms with Crippen LogP contribution in [0.4, 0.5) is 23.9 Å². The van der Waals surface area contributed by atoms with Crippen LogP contribution >= 0.6 is 25.0 Å². The summed E-state index contributed by atoms with van der Waals surface area (Å²) < 4.78 is 41.1. The number of hydrogen-bond acceptors (Lipinski definition) is 5. The molecule has 1 spiro atoms. The standard InChI is InChI=1S/C17H15F3N4OS.H2S/c18-17(19,20)11-3-1-2-4-12(11)23-14-10(7-21)15(25)24(26-14)13-8-22-9-16(13)5-6-16;/h1-4,13,22-23H,5-6,8-9H2;1H2/t13-;/m1./s1. The Kier molecular flexibility index (Phi) is 5.05. The lowest BCUT2D eigenvalue weighted by molar-refractivity contribution is -0.136. The number of para-hydroxylation sites is 1. The van der Waals surface area contributed by atoms with Crippen molar-refractivity contribution in [3.05, 3.63) is 45.7 Å². The molecular weight excluding hydrogens is 397 g/mol. The summed E-state index contributed by atoms with van der Waals surface area (Å²) in [5, 5.41) is 15.5. The molecule has 5 nitrogen and oxygen atoms in total. The smallest absolute Gasteiger partial charge is 0.344 e. The fourth-order valence-corrected chi connectivity index (χ4v) is 4.71. The summed E-state index contributed by atoms with van der Waals surface area (Å²) in [5.74, 6) is 0. The molecule has 2 fully saturated rings. The fraction of sp³-hybridized carbons (Fsp3) is 0.412. The highest BCUT2D eigenvalue weighted by molar-refractivity contribution is 7.59. The van der Waals surface area contributed by atoms with Crippen molar-refractivity contribution < 1.29 is 13.2 Å². The van der Waals surface area contributed by atoms with Crippen molar-refractivity contribution >= 4 is 35.7 Å². The van der Waals surface area contributed by atoms with Crippen LogP contribution in [0, 0.1) is 16.7 Å². The van der Waals surface area contributed by atoms with Gasteiger partial charge in [-0.1, -0.05) is 12.1 Å². The van der Waals surface area contributed by atoms with E-state index in [-0.39, 0.29) is 41.2 Å². The molecule has 1 aliphatic heterocycles. The molecule has 0 unspecified atom stereocenters. The van der Waals surface area contributed by atoms with Crippen molar-refractivity contribution in [2.75, 3.05) is 18.4 Å². The number of alkyl halides is 3. The fourth-order valence-electron chi connectivity index (χ4n) is 3.54. The first-order valence-electron chi connectivity index (χ1n) is 8.16. The van der Waals surface area contributed by atoms with Gasteiger partial charge in [0.25, 0.3) is 5.56 Å². The van der Waals surface area contributed by atoms with E-state index < -0.39 is 17.3 Å². The van der Waals surface area contributed by atoms with Crippen LogP contribution in [0.1, 0.15) is 30.0 Å². The molecule has 1 saturated heterocycles. The molecule has 2 heterocycles. The number of nitrogens with zero attached hydrogens (tertiary/aromatic N) is 2. The van der Waals surface area contributed by atoms with E-state index in [1.54, 1.807) is 3.96 Å². The van der Waals surface area contributed by atoms with Gasteiger partial charge in [0.15, 0.2) is 5.56 Å². The summed E-state index contributed by atoms with van der Waals surface area (Å²) >= 11 is 1.03. The summed E-state index contributed by atoms with van der Waals surface area (Å²) in [4.78, 5) is 12.7. The van der Waals surface area contributed by atoms with Crippen molar-refractivity contribution in [2.24, 2.45) is 5.41 Å². The Hall–Kier alpha value is -1.96. The normalized spacial score (nSPS) is 20.1. The zero-order valence-electron chi connectivity index (χ0n) is 14.1. The molecule has 2 N–H and O–H groups in total. The first-order chi connectivity index (χ1) is 12.4. The molecule has 27 heavy (non-hydrogen) atoms. The van der Waals surface area contributed by atoms with E-state index >= 15 is 0 Å². The highest BCUT2D eigenvalue weighted by atomic mass is 32.1. The number of anilines is 2. The number of nitriles is 1. The van der Waals surface area contributed by atoms with Gasteiger partial charge in [-0.25, -0.2) is 0 Å². The third-order valence-electron chi connectivity index (χ3n) is 5.12. The minimum Gasteiger partial charge on any atom is -0.344 e. The molecule has 1 aromatic heterocycles. The van der Waals surface area contributed by atoms with Crippen LogP contribution < -0.4 is 16.2 Å². The largest absolute Gasteiger partial charge is 0.418 e. The summed E-state index contributed by atoms with van der Waals surface area (Å²) in [6, 6.07) is 6.82. The quantitative estimate of drug-likeness (QED) is 0.806. The van der Waals surface area contributed by atoms with Crippen molar-refractivity contribution in [3.63, 3.8) is 0 Å². The minimum absolute atomic E-state index is 0. The van der Waals surface area contributed by atoms with Gasteiger partial charge in [0, 0.05) is 18.5 Å². The number of benzene rings is 1. The van der Waals surface area contributed by atoms with Crippen molar-refractivity contribution in [1.29, 1.82) is 5.26 Å². The SMILES string of the molecule is N#Cc1c(Nc2ccccc2C(F)(F)F)sn([C@@H]2CNCC23CC3)c1=O.S. The lowest BCUT2D eigenvalue weighted by Crippen LogP contribution is -2.26. The van der Waals surface area contributed by atoms with Gasteiger partial charge >= 0.3 is 6.18 Å². The lowest BCUT2D eigenvalue weighted by Gasteiger charge is -2.17. The van der Waals surface area contributed by atoms with E-state index in [0.29, 0.717) is 6.54 Å². The topological polar surface area (TPSA) is 69.8 Å². The summed E-state index contributed by atoms with van der Waals surface area (Å²) in [5.41, 5.74) is -1.55. The van der Waals surface area contributed by atoms with Gasteiger partial charge < -0.3 is 10.6 Å². The van der Waals surface area contributed by atoms with E-state index in [2.05, 4.69) is 10.6 Å². The van der Waals surface area contributed by atoms with Crippen LogP contribution in [0.5, 0.6) is 0 Å². The Balaban J connectivity index is 0.00000210. The molecule has 2 aromatic rings. The first-order valence-corrected chi connectivity index (χ1v) is 8.93. The molecule has 0 amide bonds. The Morgan fingerprint density at radius 3 is 2.67 bits per heavy atom. The van der Waals surface area contributed by atoms with E-state index in [9.17, 15) is 23.2 Å². The van der Waals surface area contributed by atoms with E-state index in [0.717, 1.165) is 37.0 Å². The maximum atomic E-state index is 13.2. The lowest BCUT2D eigenvalue weighted by atomic mass is 10.0. The molecule has 0 bridgehead atoms. The predicted octanol–water partition coefficient (Wildman–Crippen LogP) is 3.58. The number of nitrogens with one attached hydrogen (secondary N) is 2. The summed E-state index contributed by atoms with van der Waals surface area (Å²) in [6.45, 7) is 1.45. The van der Waals surface area contributed by atoms with Gasteiger partial charge in [-0.2, -0.15) is 31.9 Å². The maximum Gasteiger partial charge on any atom is 0.418 e. The summed E-state index contributed by atoms with van der Waals surface area (Å²) in [7, 11) is 0. The number of rotatable bonds is 3. The zero-order chi connectivity index (χ0) is 18.5. The van der Waals surface area contributed by atoms with Crippen LogP contribution in [-0.4, -0.2) is 17.0 Å². The van der Waals surface area contributed by atoms with Crippen LogP contribution in [0.3, 0.4) is 0 Å². The second kappa shape index (κ2) is 6.89. The van der Waals surface area contributed by atoms with Crippen molar-refractivity contribution in [1.82, 2.24) is 9.27 Å². The maximum absolute atomic E-state index is 13.2. The third-order valence-corrected chi connectivity index (χ3v) is 6.23. The van der Waals surface area contributed by atoms with Crippen molar-refractivity contribution in [3.8, 4) is 6.07 Å². The van der Waals surface area contributed by atoms with Gasteiger partial charge in [-0.05, 0) is 36.5 Å². The second-order valence-corrected chi connectivity index (χ2v) is 7.70. The Bertz CT molecular complexity index is 956. The van der Waals surface area contributed by atoms with Crippen molar-refractivity contribution in [2.45, 2.75) is 25.1 Å². The average molecular weight is 414 g/mol. The van der Waals surface area contributed by atoms with Gasteiger partial charge in [0.1, 0.15) is 11.1 Å². The van der Waals surface area contributed by atoms with E-state index in [4.69, 9.17) is 0 Å². The number of halogens is 3. The Labute approximate surface area is 164 Å². The number of aromatic nitrogens is 1. The number of hydrogen-bond donors (Lipinski definition) is 2. The Morgan fingerprint density at radius 1 is 1.33 bits per heavy atom. The highest BCUT2D eigenvalue weighted by Crippen LogP contribution is 2.56. The van der Waals surface area contributed by atoms with Crippen LogP contribution in [0.15, 0.2) is 29.1 Å². The van der Waals surface area contributed by atoms with Gasteiger partial charge in [0.05, 0.1) is 17.3 Å². The molecule has 2 aliphatic rings.